The van der Waals surface area contributed by atoms with Gasteiger partial charge in [0, 0.05) is 41.8 Å². The van der Waals surface area contributed by atoms with Gasteiger partial charge < -0.3 is 20.8 Å². The molecule has 0 saturated carbocycles. The highest BCUT2D eigenvalue weighted by Crippen LogP contribution is 2.40. The molecule has 3 amide bonds. The smallest absolute Gasteiger partial charge is 0.277 e. The van der Waals surface area contributed by atoms with Crippen molar-refractivity contribution in [2.24, 2.45) is 10.9 Å². The van der Waals surface area contributed by atoms with Crippen molar-refractivity contribution in [3.05, 3.63) is 85.5 Å². The number of nitro groups is 2. The fourth-order valence-electron chi connectivity index (χ4n) is 4.52. The number of hydrogen-bond acceptors (Lipinski definition) is 9. The van der Waals surface area contributed by atoms with E-state index in [2.05, 4.69) is 10.5 Å². The fourth-order valence-corrected chi connectivity index (χ4v) is 4.52. The number of anilines is 1. The number of primary amides is 1. The van der Waals surface area contributed by atoms with Crippen LogP contribution in [0.3, 0.4) is 0 Å². The second-order valence-corrected chi connectivity index (χ2v) is 9.30. The highest BCUT2D eigenvalue weighted by atomic mass is 16.7. The lowest BCUT2D eigenvalue weighted by molar-refractivity contribution is -0.394. The van der Waals surface area contributed by atoms with E-state index in [4.69, 9.17) is 10.6 Å². The summed E-state index contributed by atoms with van der Waals surface area (Å²) >= 11 is 0. The number of nitrogens with one attached hydrogen (secondary N) is 1. The Balaban J connectivity index is 1.57. The number of carbonyl (C=O) groups is 3. The van der Waals surface area contributed by atoms with Crippen LogP contribution in [-0.2, 0) is 14.4 Å². The zero-order valence-electron chi connectivity index (χ0n) is 20.9. The lowest BCUT2D eigenvalue weighted by Crippen LogP contribution is -2.44. The Morgan fingerprint density at radius 1 is 1.15 bits per heavy atom. The summed E-state index contributed by atoms with van der Waals surface area (Å²) in [4.78, 5) is 65.6. The lowest BCUT2D eigenvalue weighted by atomic mass is 9.91. The van der Waals surface area contributed by atoms with Crippen molar-refractivity contribution in [2.45, 2.75) is 38.3 Å². The molecule has 14 nitrogen and oxygen atoms in total. The van der Waals surface area contributed by atoms with Gasteiger partial charge in [-0.3, -0.25) is 34.6 Å². The fraction of sp³-hybridized carbons (Fsp3) is 0.280. The van der Waals surface area contributed by atoms with Gasteiger partial charge in [-0.2, -0.15) is 0 Å². The van der Waals surface area contributed by atoms with Gasteiger partial charge in [-0.25, -0.2) is 0 Å². The molecule has 2 aliphatic rings. The molecule has 0 aromatic heterocycles. The highest BCUT2D eigenvalue weighted by Gasteiger charge is 2.53. The summed E-state index contributed by atoms with van der Waals surface area (Å²) in [5.41, 5.74) is 5.08. The third-order valence-corrected chi connectivity index (χ3v) is 6.64. The zero-order valence-corrected chi connectivity index (χ0v) is 20.9. The summed E-state index contributed by atoms with van der Waals surface area (Å²) in [5, 5.41) is 29.5. The van der Waals surface area contributed by atoms with Crippen LogP contribution in [0.2, 0.25) is 0 Å². The van der Waals surface area contributed by atoms with E-state index >= 15 is 0 Å². The van der Waals surface area contributed by atoms with Gasteiger partial charge in [0.25, 0.3) is 23.2 Å². The van der Waals surface area contributed by atoms with E-state index in [1.807, 2.05) is 0 Å². The molecule has 2 aromatic rings. The average Bonchev–Trinajstić information content (AvgIpc) is 3.51. The molecule has 2 heterocycles. The molecule has 2 atom stereocenters. The molecular formula is C25H24N6O8. The third kappa shape index (κ3) is 5.44. The van der Waals surface area contributed by atoms with E-state index in [9.17, 15) is 34.6 Å². The van der Waals surface area contributed by atoms with E-state index in [1.54, 1.807) is 44.2 Å². The first-order chi connectivity index (χ1) is 18.4. The maximum Gasteiger partial charge on any atom is 0.277 e. The monoisotopic (exact) mass is 536 g/mol. The first-order valence-electron chi connectivity index (χ1n) is 11.8. The number of hydrogen-bond donors (Lipinski definition) is 2. The predicted molar refractivity (Wildman–Crippen MR) is 138 cm³/mol. The molecule has 4 rings (SSSR count). The third-order valence-electron chi connectivity index (χ3n) is 6.64. The average molecular weight is 537 g/mol. The number of nitrogens with zero attached hydrogens (tertiary/aromatic N) is 4. The van der Waals surface area contributed by atoms with Crippen molar-refractivity contribution in [3.8, 4) is 0 Å². The maximum atomic E-state index is 13.4. The number of rotatable bonds is 7. The topological polar surface area (TPSA) is 200 Å². The van der Waals surface area contributed by atoms with E-state index < -0.39 is 44.7 Å². The van der Waals surface area contributed by atoms with Crippen molar-refractivity contribution in [2.75, 3.05) is 11.9 Å². The summed E-state index contributed by atoms with van der Waals surface area (Å²) < 4.78 is 0. The summed E-state index contributed by atoms with van der Waals surface area (Å²) in [7, 11) is 0. The molecule has 39 heavy (non-hydrogen) atoms. The van der Waals surface area contributed by atoms with Crippen molar-refractivity contribution in [1.82, 2.24) is 4.90 Å². The Hall–Kier alpha value is -5.14. The predicted octanol–water partition coefficient (Wildman–Crippen LogP) is 2.67. The maximum absolute atomic E-state index is 13.4. The number of amides is 3. The second-order valence-electron chi connectivity index (χ2n) is 9.30. The standard InChI is InChI=1S/C25H24N6O8/c1-3-14(2)23(33)27-17-6-4-5-15(7-17)20-11-25(39-28-20)12-21(22(26)32)29(13-25)24(34)16-8-18(30(35)36)10-19(9-16)31(37)38/h3-10,21H,11-13H2,1-2H3,(H2,26,32)(H,27,33)/b14-3+/t21-,25?/m1/s1. The highest BCUT2D eigenvalue weighted by molar-refractivity contribution is 6.06. The molecule has 14 heteroatoms. The van der Waals surface area contributed by atoms with Crippen LogP contribution in [0.25, 0.3) is 0 Å². The van der Waals surface area contributed by atoms with Crippen LogP contribution in [-0.4, -0.2) is 56.4 Å². The van der Waals surface area contributed by atoms with E-state index in [-0.39, 0.29) is 30.9 Å². The van der Waals surface area contributed by atoms with Gasteiger partial charge in [0.2, 0.25) is 5.91 Å². The number of benzene rings is 2. The lowest BCUT2D eigenvalue weighted by Gasteiger charge is -2.23. The summed E-state index contributed by atoms with van der Waals surface area (Å²) in [5.74, 6) is -1.93. The number of likely N-dealkylation sites (tertiary alicyclic amines) is 1. The van der Waals surface area contributed by atoms with Gasteiger partial charge in [-0.15, -0.1) is 0 Å². The van der Waals surface area contributed by atoms with Crippen molar-refractivity contribution < 1.29 is 29.1 Å². The summed E-state index contributed by atoms with van der Waals surface area (Å²) in [6.45, 7) is 3.30. The second kappa shape index (κ2) is 10.3. The van der Waals surface area contributed by atoms with Gasteiger partial charge in [0.15, 0.2) is 5.60 Å². The minimum Gasteiger partial charge on any atom is -0.387 e. The van der Waals surface area contributed by atoms with Crippen LogP contribution in [0, 0.1) is 20.2 Å². The van der Waals surface area contributed by atoms with Crippen molar-refractivity contribution >= 4 is 40.5 Å². The number of non-ortho nitro benzene ring substituents is 2. The molecule has 1 spiro atoms. The van der Waals surface area contributed by atoms with Gasteiger partial charge in [0.1, 0.15) is 6.04 Å². The molecule has 1 fully saturated rings. The minimum absolute atomic E-state index is 0.00495. The first kappa shape index (κ1) is 26.9. The van der Waals surface area contributed by atoms with Crippen molar-refractivity contribution in [1.29, 1.82) is 0 Å². The summed E-state index contributed by atoms with van der Waals surface area (Å²) in [6, 6.07) is 8.35. The normalized spacial score (nSPS) is 20.4. The number of oxime groups is 1. The molecule has 1 saturated heterocycles. The van der Waals surface area contributed by atoms with Crippen LogP contribution in [0.4, 0.5) is 17.1 Å². The SMILES string of the molecule is C/C=C(\C)C(=O)Nc1cccc(C2=NOC3(C2)C[C@H](C(N)=O)N(C(=O)c2cc([N+](=O)[O-])cc([N+](=O)[O-])c2)C3)c1. The molecule has 2 aromatic carbocycles. The number of nitrogens with two attached hydrogens (primary N) is 1. The molecule has 0 aliphatic carbocycles. The quantitative estimate of drug-likeness (QED) is 0.305. The van der Waals surface area contributed by atoms with Crippen LogP contribution in [0.1, 0.15) is 42.6 Å². The number of allylic oxidation sites excluding steroid dienone is 1. The van der Waals surface area contributed by atoms with Crippen LogP contribution >= 0.6 is 0 Å². The molecule has 3 N–H and O–H groups in total. The minimum atomic E-state index is -1.14. The van der Waals surface area contributed by atoms with E-state index in [1.165, 1.54) is 0 Å². The van der Waals surface area contributed by atoms with E-state index in [0.29, 0.717) is 22.5 Å². The molecule has 1 unspecified atom stereocenters. The van der Waals surface area contributed by atoms with Gasteiger partial charge in [0.05, 0.1) is 33.7 Å². The largest absolute Gasteiger partial charge is 0.387 e. The van der Waals surface area contributed by atoms with Crippen molar-refractivity contribution in [3.63, 3.8) is 0 Å². The number of carbonyl (C=O) groups excluding carboxylic acids is 3. The Labute approximate surface area is 221 Å². The van der Waals surface area contributed by atoms with Gasteiger partial charge in [-0.1, -0.05) is 23.4 Å². The first-order valence-corrected chi connectivity index (χ1v) is 11.8. The zero-order chi connectivity index (χ0) is 28.5. The van der Waals surface area contributed by atoms with Crippen LogP contribution in [0.15, 0.2) is 59.3 Å². The van der Waals surface area contributed by atoms with Crippen LogP contribution in [0.5, 0.6) is 0 Å². The van der Waals surface area contributed by atoms with Crippen LogP contribution < -0.4 is 11.1 Å². The number of nitro benzene ring substituents is 2. The molecular weight excluding hydrogens is 512 g/mol. The van der Waals surface area contributed by atoms with Gasteiger partial charge in [-0.05, 0) is 26.0 Å². The van der Waals surface area contributed by atoms with Gasteiger partial charge >= 0.3 is 0 Å². The van der Waals surface area contributed by atoms with E-state index in [0.717, 1.165) is 23.1 Å². The molecule has 202 valence electrons. The Morgan fingerprint density at radius 3 is 2.41 bits per heavy atom. The Bertz CT molecular complexity index is 1440. The molecule has 0 radical (unpaired) electrons. The molecule has 2 aliphatic heterocycles. The summed E-state index contributed by atoms with van der Waals surface area (Å²) in [6.07, 6.45) is 1.88. The Kier molecular flexibility index (Phi) is 7.12. The Morgan fingerprint density at radius 2 is 1.82 bits per heavy atom. The molecule has 0 bridgehead atoms.